The fraction of sp³-hybridized carbons (Fsp3) is 0.429. The van der Waals surface area contributed by atoms with Gasteiger partial charge in [0.2, 0.25) is 12.2 Å². The van der Waals surface area contributed by atoms with Crippen molar-refractivity contribution in [1.82, 2.24) is 15.5 Å². The molecule has 1 N–H and O–H groups in total. The lowest BCUT2D eigenvalue weighted by atomic mass is 10.2. The quantitative estimate of drug-likeness (QED) is 0.839. The van der Waals surface area contributed by atoms with Gasteiger partial charge in [-0.15, -0.1) is 0 Å². The number of halogens is 1. The van der Waals surface area contributed by atoms with Gasteiger partial charge in [-0.1, -0.05) is 34.9 Å². The molecule has 20 heavy (non-hydrogen) atoms. The first-order valence-electron chi connectivity index (χ1n) is 6.52. The summed E-state index contributed by atoms with van der Waals surface area (Å²) in [5.74, 6) is 1.96. The van der Waals surface area contributed by atoms with E-state index in [-0.39, 0.29) is 0 Å². The van der Waals surface area contributed by atoms with Gasteiger partial charge in [-0.05, 0) is 36.2 Å². The van der Waals surface area contributed by atoms with Gasteiger partial charge in [-0.3, -0.25) is 0 Å². The third kappa shape index (κ3) is 4.61. The largest absolute Gasteiger partial charge is 0.485 e. The zero-order valence-electron chi connectivity index (χ0n) is 11.6. The number of nitrogens with one attached hydrogen (secondary N) is 1. The third-order valence-corrected chi connectivity index (χ3v) is 3.43. The van der Waals surface area contributed by atoms with Crippen molar-refractivity contribution in [3.63, 3.8) is 0 Å². The summed E-state index contributed by atoms with van der Waals surface area (Å²) in [4.78, 5) is 3.92. The first-order chi connectivity index (χ1) is 9.65. The second-order valence-electron chi connectivity index (χ2n) is 4.91. The van der Waals surface area contributed by atoms with Gasteiger partial charge in [-0.25, -0.2) is 0 Å². The van der Waals surface area contributed by atoms with Crippen molar-refractivity contribution in [3.05, 3.63) is 40.5 Å². The van der Waals surface area contributed by atoms with Crippen LogP contribution < -0.4 is 10.1 Å². The Kier molecular flexibility index (Phi) is 5.55. The molecule has 0 aliphatic heterocycles. The topological polar surface area (TPSA) is 60.2 Å². The minimum Gasteiger partial charge on any atom is -0.485 e. The maximum atomic E-state index is 5.64. The van der Waals surface area contributed by atoms with Gasteiger partial charge >= 0.3 is 0 Å². The van der Waals surface area contributed by atoms with Crippen LogP contribution in [0, 0.1) is 5.92 Å². The molecule has 0 bridgehead atoms. The van der Waals surface area contributed by atoms with Gasteiger partial charge in [0.1, 0.15) is 5.75 Å². The first-order valence-corrected chi connectivity index (χ1v) is 7.31. The maximum absolute atomic E-state index is 5.64. The Hall–Kier alpha value is -1.40. The lowest BCUT2D eigenvalue weighted by molar-refractivity contribution is 0.286. The molecule has 0 atom stereocenters. The molecule has 5 nitrogen and oxygen atoms in total. The van der Waals surface area contributed by atoms with Gasteiger partial charge < -0.3 is 14.6 Å². The normalized spacial score (nSPS) is 11.0. The highest BCUT2D eigenvalue weighted by atomic mass is 79.9. The van der Waals surface area contributed by atoms with Crippen LogP contribution in [0.15, 0.2) is 33.6 Å². The number of aromatic nitrogens is 2. The van der Waals surface area contributed by atoms with Crippen LogP contribution in [0.5, 0.6) is 5.75 Å². The fourth-order valence-electron chi connectivity index (χ4n) is 1.68. The summed E-state index contributed by atoms with van der Waals surface area (Å²) < 4.78 is 11.4. The van der Waals surface area contributed by atoms with Crippen molar-refractivity contribution in [3.8, 4) is 5.75 Å². The summed E-state index contributed by atoms with van der Waals surface area (Å²) in [7, 11) is 0. The van der Waals surface area contributed by atoms with E-state index < -0.39 is 0 Å². The number of hydrogen-bond acceptors (Lipinski definition) is 5. The standard InChI is InChI=1S/C14H18BrN3O2/c1-10(2)6-16-7-11-5-12(3-4-13(11)15)19-8-14-17-9-20-18-14/h3-5,9-10,16H,6-8H2,1-2H3. The van der Waals surface area contributed by atoms with Crippen LogP contribution in [0.1, 0.15) is 25.2 Å². The molecule has 2 rings (SSSR count). The third-order valence-electron chi connectivity index (χ3n) is 2.66. The Morgan fingerprint density at radius 3 is 2.95 bits per heavy atom. The van der Waals surface area contributed by atoms with Gasteiger partial charge in [0.15, 0.2) is 6.61 Å². The van der Waals surface area contributed by atoms with Crippen LogP contribution in [0.2, 0.25) is 0 Å². The van der Waals surface area contributed by atoms with Crippen molar-refractivity contribution in [1.29, 1.82) is 0 Å². The van der Waals surface area contributed by atoms with Crippen molar-refractivity contribution in [2.24, 2.45) is 5.92 Å². The summed E-state index contributed by atoms with van der Waals surface area (Å²) >= 11 is 3.55. The molecule has 0 saturated carbocycles. The van der Waals surface area contributed by atoms with E-state index in [1.54, 1.807) is 0 Å². The Bertz CT molecular complexity index is 529. The summed E-state index contributed by atoms with van der Waals surface area (Å²) in [6, 6.07) is 5.91. The average Bonchev–Trinajstić information content (AvgIpc) is 2.92. The highest BCUT2D eigenvalue weighted by Crippen LogP contribution is 2.23. The summed E-state index contributed by atoms with van der Waals surface area (Å²) in [6.07, 6.45) is 1.29. The smallest absolute Gasteiger partial charge is 0.213 e. The Morgan fingerprint density at radius 2 is 2.25 bits per heavy atom. The molecule has 0 spiro atoms. The zero-order valence-corrected chi connectivity index (χ0v) is 13.2. The molecule has 0 saturated heterocycles. The Balaban J connectivity index is 1.93. The SMILES string of the molecule is CC(C)CNCc1cc(OCc2ncon2)ccc1Br. The highest BCUT2D eigenvalue weighted by molar-refractivity contribution is 9.10. The van der Waals surface area contributed by atoms with Crippen LogP contribution in [-0.2, 0) is 13.2 Å². The molecular weight excluding hydrogens is 322 g/mol. The predicted octanol–water partition coefficient (Wildman–Crippen LogP) is 3.16. The predicted molar refractivity (Wildman–Crippen MR) is 79.3 cm³/mol. The maximum Gasteiger partial charge on any atom is 0.213 e. The molecule has 0 aliphatic rings. The molecule has 0 unspecified atom stereocenters. The summed E-state index contributed by atoms with van der Waals surface area (Å²) in [6.45, 7) is 6.47. The van der Waals surface area contributed by atoms with E-state index in [1.165, 1.54) is 6.39 Å². The van der Waals surface area contributed by atoms with Crippen LogP contribution in [0.25, 0.3) is 0 Å². The molecule has 0 radical (unpaired) electrons. The van der Waals surface area contributed by atoms with Crippen molar-refractivity contribution >= 4 is 15.9 Å². The molecule has 0 amide bonds. The molecule has 2 aromatic rings. The van der Waals surface area contributed by atoms with Crippen molar-refractivity contribution in [2.45, 2.75) is 27.0 Å². The van der Waals surface area contributed by atoms with Crippen LogP contribution in [0.4, 0.5) is 0 Å². The minimum absolute atomic E-state index is 0.303. The van der Waals surface area contributed by atoms with Crippen LogP contribution in [-0.4, -0.2) is 16.7 Å². The van der Waals surface area contributed by atoms with E-state index in [0.29, 0.717) is 18.3 Å². The monoisotopic (exact) mass is 339 g/mol. The van der Waals surface area contributed by atoms with Crippen molar-refractivity contribution in [2.75, 3.05) is 6.54 Å². The van der Waals surface area contributed by atoms with Gasteiger partial charge in [0.05, 0.1) is 0 Å². The van der Waals surface area contributed by atoms with E-state index in [9.17, 15) is 0 Å². The van der Waals surface area contributed by atoms with Gasteiger partial charge in [0, 0.05) is 11.0 Å². The van der Waals surface area contributed by atoms with Gasteiger partial charge in [-0.2, -0.15) is 4.98 Å². The molecule has 1 aromatic heterocycles. The molecule has 1 aromatic carbocycles. The van der Waals surface area contributed by atoms with E-state index >= 15 is 0 Å². The van der Waals surface area contributed by atoms with Gasteiger partial charge in [0.25, 0.3) is 0 Å². The fourth-order valence-corrected chi connectivity index (χ4v) is 2.06. The molecular formula is C14H18BrN3O2. The zero-order chi connectivity index (χ0) is 14.4. The lowest BCUT2D eigenvalue weighted by Crippen LogP contribution is -2.19. The Labute approximate surface area is 126 Å². The first kappa shape index (κ1) is 15.0. The van der Waals surface area contributed by atoms with E-state index in [0.717, 1.165) is 28.9 Å². The average molecular weight is 340 g/mol. The lowest BCUT2D eigenvalue weighted by Gasteiger charge is -2.11. The second kappa shape index (κ2) is 7.40. The summed E-state index contributed by atoms with van der Waals surface area (Å²) in [5.41, 5.74) is 1.16. The molecule has 6 heteroatoms. The second-order valence-corrected chi connectivity index (χ2v) is 5.77. The van der Waals surface area contributed by atoms with Crippen LogP contribution >= 0.6 is 15.9 Å². The summed E-state index contributed by atoms with van der Waals surface area (Å²) in [5, 5.41) is 7.12. The van der Waals surface area contributed by atoms with E-state index in [2.05, 4.69) is 49.8 Å². The van der Waals surface area contributed by atoms with E-state index in [1.807, 2.05) is 18.2 Å². The molecule has 1 heterocycles. The number of hydrogen-bond donors (Lipinski definition) is 1. The highest BCUT2D eigenvalue weighted by Gasteiger charge is 2.05. The minimum atomic E-state index is 0.303. The molecule has 0 aliphatic carbocycles. The number of benzene rings is 1. The number of ether oxygens (including phenoxy) is 1. The molecule has 0 fully saturated rings. The van der Waals surface area contributed by atoms with E-state index in [4.69, 9.17) is 4.74 Å². The molecule has 108 valence electrons. The van der Waals surface area contributed by atoms with Crippen molar-refractivity contribution < 1.29 is 9.26 Å². The number of nitrogens with zero attached hydrogens (tertiary/aromatic N) is 2. The number of rotatable bonds is 7. The Morgan fingerprint density at radius 1 is 1.40 bits per heavy atom. The van der Waals surface area contributed by atoms with Crippen LogP contribution in [0.3, 0.4) is 0 Å².